The molecular formula is C18H36N4O6. The molecule has 2 heterocycles. The summed E-state index contributed by atoms with van der Waals surface area (Å²) in [4.78, 5) is 30.0. The summed E-state index contributed by atoms with van der Waals surface area (Å²) in [5.41, 5.74) is 0. The molecule has 0 aromatic heterocycles. The van der Waals surface area contributed by atoms with Crippen LogP contribution in [0, 0.1) is 0 Å². The summed E-state index contributed by atoms with van der Waals surface area (Å²) < 4.78 is 20.7. The lowest BCUT2D eigenvalue weighted by molar-refractivity contribution is 0.0470. The van der Waals surface area contributed by atoms with E-state index in [4.69, 9.17) is 18.9 Å². The Balaban J connectivity index is 0.000000280. The summed E-state index contributed by atoms with van der Waals surface area (Å²) in [5, 5.41) is 0. The Morgan fingerprint density at radius 2 is 0.750 bits per heavy atom. The molecule has 0 aromatic carbocycles. The van der Waals surface area contributed by atoms with Gasteiger partial charge in [0.05, 0.1) is 0 Å². The van der Waals surface area contributed by atoms with E-state index in [1.165, 1.54) is 0 Å². The van der Waals surface area contributed by atoms with Crippen molar-refractivity contribution in [2.24, 2.45) is 0 Å². The van der Waals surface area contributed by atoms with E-state index in [2.05, 4.69) is 0 Å². The summed E-state index contributed by atoms with van der Waals surface area (Å²) in [6.45, 7) is 14.7. The predicted octanol–water partition coefficient (Wildman–Crippen LogP) is 1.42. The summed E-state index contributed by atoms with van der Waals surface area (Å²) in [6.07, 6.45) is 0. The lowest BCUT2D eigenvalue weighted by Gasteiger charge is -2.17. The molecule has 0 radical (unpaired) electrons. The van der Waals surface area contributed by atoms with Crippen LogP contribution in [0.3, 0.4) is 0 Å². The third-order valence-electron chi connectivity index (χ3n) is 4.17. The second kappa shape index (κ2) is 14.4. The van der Waals surface area contributed by atoms with Crippen LogP contribution in [0.4, 0.5) is 9.59 Å². The number of urea groups is 2. The Labute approximate surface area is 168 Å². The summed E-state index contributed by atoms with van der Waals surface area (Å²) >= 11 is 0. The van der Waals surface area contributed by atoms with Gasteiger partial charge in [0.25, 0.3) is 0 Å². The molecule has 10 heteroatoms. The number of hydrogen-bond acceptors (Lipinski definition) is 6. The van der Waals surface area contributed by atoms with Crippen LogP contribution in [0.25, 0.3) is 0 Å². The van der Waals surface area contributed by atoms with Crippen molar-refractivity contribution in [3.63, 3.8) is 0 Å². The van der Waals surface area contributed by atoms with Crippen LogP contribution in [-0.2, 0) is 18.9 Å². The van der Waals surface area contributed by atoms with E-state index in [-0.39, 0.29) is 12.1 Å². The minimum absolute atomic E-state index is 0.00639. The SMILES string of the molecule is CCOCN1CCN(COCC)C1=O.CCOCN1CCN(COCC)C1=O. The third-order valence-corrected chi connectivity index (χ3v) is 4.17. The van der Waals surface area contributed by atoms with E-state index in [1.807, 2.05) is 27.7 Å². The van der Waals surface area contributed by atoms with Crippen molar-refractivity contribution < 1.29 is 28.5 Å². The lowest BCUT2D eigenvalue weighted by Crippen LogP contribution is -2.34. The van der Waals surface area contributed by atoms with Gasteiger partial charge in [-0.2, -0.15) is 0 Å². The van der Waals surface area contributed by atoms with Gasteiger partial charge in [-0.15, -0.1) is 0 Å². The minimum atomic E-state index is 0.00639. The molecule has 0 saturated carbocycles. The fourth-order valence-corrected chi connectivity index (χ4v) is 2.55. The van der Waals surface area contributed by atoms with Gasteiger partial charge in [0.2, 0.25) is 0 Å². The fraction of sp³-hybridized carbons (Fsp3) is 0.889. The molecule has 2 rings (SSSR count). The molecule has 0 unspecified atom stereocenters. The van der Waals surface area contributed by atoms with Crippen molar-refractivity contribution in [1.82, 2.24) is 19.6 Å². The Bertz CT molecular complexity index is 378. The number of amides is 4. The Hall–Kier alpha value is -1.62. The molecule has 2 saturated heterocycles. The summed E-state index contributed by atoms with van der Waals surface area (Å²) in [5.74, 6) is 0. The molecule has 28 heavy (non-hydrogen) atoms. The number of hydrogen-bond donors (Lipinski definition) is 0. The van der Waals surface area contributed by atoms with Crippen LogP contribution in [0.5, 0.6) is 0 Å². The highest BCUT2D eigenvalue weighted by atomic mass is 16.5. The Morgan fingerprint density at radius 3 is 0.929 bits per heavy atom. The maximum atomic E-state index is 11.6. The number of ether oxygens (including phenoxy) is 4. The largest absolute Gasteiger partial charge is 0.361 e. The van der Waals surface area contributed by atoms with Crippen molar-refractivity contribution in [2.45, 2.75) is 27.7 Å². The van der Waals surface area contributed by atoms with Crippen LogP contribution in [0.15, 0.2) is 0 Å². The molecule has 0 aromatic rings. The first-order valence-corrected chi connectivity index (χ1v) is 9.97. The number of rotatable bonds is 12. The van der Waals surface area contributed by atoms with Crippen molar-refractivity contribution in [3.8, 4) is 0 Å². The normalized spacial score (nSPS) is 16.9. The second-order valence-electron chi connectivity index (χ2n) is 6.11. The van der Waals surface area contributed by atoms with Crippen molar-refractivity contribution in [2.75, 3.05) is 79.5 Å². The maximum Gasteiger partial charge on any atom is 0.323 e. The average Bonchev–Trinajstić information content (AvgIpc) is 3.24. The number of carbonyl (C=O) groups excluding carboxylic acids is 2. The van der Waals surface area contributed by atoms with Gasteiger partial charge in [0.15, 0.2) is 0 Å². The highest BCUT2D eigenvalue weighted by Crippen LogP contribution is 2.08. The summed E-state index contributed by atoms with van der Waals surface area (Å²) in [7, 11) is 0. The lowest BCUT2D eigenvalue weighted by atomic mass is 10.6. The van der Waals surface area contributed by atoms with Crippen LogP contribution >= 0.6 is 0 Å². The number of nitrogens with zero attached hydrogens (tertiary/aromatic N) is 4. The van der Waals surface area contributed by atoms with Crippen molar-refractivity contribution >= 4 is 12.1 Å². The zero-order chi connectivity index (χ0) is 20.8. The van der Waals surface area contributed by atoms with Crippen LogP contribution in [0.1, 0.15) is 27.7 Å². The molecule has 0 bridgehead atoms. The topological polar surface area (TPSA) is 84.0 Å². The van der Waals surface area contributed by atoms with Crippen LogP contribution in [-0.4, -0.2) is 111 Å². The first kappa shape index (κ1) is 24.4. The predicted molar refractivity (Wildman–Crippen MR) is 104 cm³/mol. The van der Waals surface area contributed by atoms with Crippen molar-refractivity contribution in [3.05, 3.63) is 0 Å². The molecule has 0 N–H and O–H groups in total. The zero-order valence-corrected chi connectivity index (χ0v) is 17.7. The highest BCUT2D eigenvalue weighted by Gasteiger charge is 2.28. The van der Waals surface area contributed by atoms with E-state index in [9.17, 15) is 9.59 Å². The molecule has 10 nitrogen and oxygen atoms in total. The van der Waals surface area contributed by atoms with E-state index in [0.29, 0.717) is 53.4 Å². The van der Waals surface area contributed by atoms with Gasteiger partial charge in [-0.1, -0.05) is 0 Å². The van der Waals surface area contributed by atoms with Gasteiger partial charge in [-0.25, -0.2) is 9.59 Å². The van der Waals surface area contributed by atoms with Crippen molar-refractivity contribution in [1.29, 1.82) is 0 Å². The average molecular weight is 405 g/mol. The molecule has 4 amide bonds. The van der Waals surface area contributed by atoms with Crippen LogP contribution in [0.2, 0.25) is 0 Å². The van der Waals surface area contributed by atoms with Gasteiger partial charge < -0.3 is 18.9 Å². The molecule has 2 fully saturated rings. The first-order valence-electron chi connectivity index (χ1n) is 9.97. The van der Waals surface area contributed by atoms with E-state index in [0.717, 1.165) is 26.2 Å². The van der Waals surface area contributed by atoms with Crippen LogP contribution < -0.4 is 0 Å². The van der Waals surface area contributed by atoms with Gasteiger partial charge in [0.1, 0.15) is 26.9 Å². The third kappa shape index (κ3) is 8.17. The van der Waals surface area contributed by atoms with Gasteiger partial charge in [-0.3, -0.25) is 19.6 Å². The van der Waals surface area contributed by atoms with E-state index < -0.39 is 0 Å². The zero-order valence-electron chi connectivity index (χ0n) is 17.7. The summed E-state index contributed by atoms with van der Waals surface area (Å²) in [6, 6.07) is 0.0128. The molecule has 2 aliphatic rings. The highest BCUT2D eigenvalue weighted by molar-refractivity contribution is 5.76. The second-order valence-corrected chi connectivity index (χ2v) is 6.11. The number of carbonyl (C=O) groups is 2. The molecular weight excluding hydrogens is 368 g/mol. The quantitative estimate of drug-likeness (QED) is 0.489. The first-order chi connectivity index (χ1) is 13.6. The smallest absolute Gasteiger partial charge is 0.323 e. The molecule has 2 aliphatic heterocycles. The minimum Gasteiger partial charge on any atom is -0.361 e. The standard InChI is InChI=1S/2C9H18N2O3/c2*1-3-13-7-10-5-6-11(9(10)12)8-14-4-2/h2*3-8H2,1-2H3. The van der Waals surface area contributed by atoms with Gasteiger partial charge in [0, 0.05) is 52.6 Å². The molecule has 0 aliphatic carbocycles. The Kier molecular flexibility index (Phi) is 12.5. The van der Waals surface area contributed by atoms with E-state index in [1.54, 1.807) is 19.6 Å². The fourth-order valence-electron chi connectivity index (χ4n) is 2.55. The maximum absolute atomic E-state index is 11.6. The van der Waals surface area contributed by atoms with E-state index >= 15 is 0 Å². The molecule has 0 spiro atoms. The van der Waals surface area contributed by atoms with Gasteiger partial charge in [-0.05, 0) is 27.7 Å². The monoisotopic (exact) mass is 404 g/mol. The Morgan fingerprint density at radius 1 is 0.536 bits per heavy atom. The van der Waals surface area contributed by atoms with Gasteiger partial charge >= 0.3 is 12.1 Å². The molecule has 0 atom stereocenters. The molecule has 164 valence electrons.